The zero-order valence-electron chi connectivity index (χ0n) is 14.6. The summed E-state index contributed by atoms with van der Waals surface area (Å²) in [6.45, 7) is 3.90. The number of guanidine groups is 1. The van der Waals surface area contributed by atoms with E-state index in [0.717, 1.165) is 5.56 Å². The second-order valence-corrected chi connectivity index (χ2v) is 6.36. The van der Waals surface area contributed by atoms with Gasteiger partial charge in [-0.25, -0.2) is 4.79 Å². The molecular formula is C16H22Cl2IN5O2. The third-order valence-electron chi connectivity index (χ3n) is 3.62. The molecule has 2 rings (SSSR count). The van der Waals surface area contributed by atoms with Crippen LogP contribution in [0.2, 0.25) is 10.0 Å². The number of halogens is 3. The molecule has 10 heteroatoms. The first-order chi connectivity index (χ1) is 11.9. The highest BCUT2D eigenvalue weighted by Gasteiger charge is 2.27. The van der Waals surface area contributed by atoms with Crippen molar-refractivity contribution in [3.05, 3.63) is 33.8 Å². The quantitative estimate of drug-likeness (QED) is 0.265. The Morgan fingerprint density at radius 3 is 2.65 bits per heavy atom. The first-order valence-corrected chi connectivity index (χ1v) is 8.69. The average Bonchev–Trinajstić information content (AvgIpc) is 2.89. The summed E-state index contributed by atoms with van der Waals surface area (Å²) in [5.74, 6) is 0.454. The van der Waals surface area contributed by atoms with E-state index in [2.05, 4.69) is 15.6 Å². The van der Waals surface area contributed by atoms with E-state index in [9.17, 15) is 9.59 Å². The molecule has 1 fully saturated rings. The predicted molar refractivity (Wildman–Crippen MR) is 114 cm³/mol. The van der Waals surface area contributed by atoms with Crippen molar-refractivity contribution in [3.63, 3.8) is 0 Å². The number of hydrogen-bond donors (Lipinski definition) is 2. The van der Waals surface area contributed by atoms with Crippen molar-refractivity contribution < 1.29 is 9.59 Å². The van der Waals surface area contributed by atoms with Gasteiger partial charge < -0.3 is 15.5 Å². The third kappa shape index (κ3) is 6.17. The minimum atomic E-state index is -0.366. The number of benzene rings is 1. The van der Waals surface area contributed by atoms with E-state index >= 15 is 0 Å². The van der Waals surface area contributed by atoms with Crippen LogP contribution in [0.15, 0.2) is 23.2 Å². The SMILES string of the molecule is CCNC(=NCCN1C(=O)CNC1=O)N(C)Cc1ccc(Cl)c(Cl)c1.I. The van der Waals surface area contributed by atoms with Crippen molar-refractivity contribution in [1.29, 1.82) is 0 Å². The van der Waals surface area contributed by atoms with E-state index in [0.29, 0.717) is 35.6 Å². The number of nitrogens with zero attached hydrogens (tertiary/aromatic N) is 3. The zero-order chi connectivity index (χ0) is 18.4. The zero-order valence-corrected chi connectivity index (χ0v) is 18.4. The van der Waals surface area contributed by atoms with E-state index in [1.54, 1.807) is 6.07 Å². The molecular weight excluding hydrogens is 492 g/mol. The Labute approximate surface area is 180 Å². The van der Waals surface area contributed by atoms with Crippen molar-refractivity contribution in [3.8, 4) is 0 Å². The lowest BCUT2D eigenvalue weighted by Crippen LogP contribution is -2.39. The van der Waals surface area contributed by atoms with Gasteiger partial charge in [0.1, 0.15) is 0 Å². The molecule has 0 bridgehead atoms. The highest BCUT2D eigenvalue weighted by molar-refractivity contribution is 14.0. The van der Waals surface area contributed by atoms with Gasteiger partial charge in [-0.2, -0.15) is 0 Å². The molecule has 1 aliphatic rings. The van der Waals surface area contributed by atoms with Crippen molar-refractivity contribution in [1.82, 2.24) is 20.4 Å². The van der Waals surface area contributed by atoms with Crippen LogP contribution in [0.4, 0.5) is 4.79 Å². The first kappa shape index (κ1) is 22.8. The first-order valence-electron chi connectivity index (χ1n) is 7.94. The van der Waals surface area contributed by atoms with E-state index in [-0.39, 0.29) is 49.0 Å². The standard InChI is InChI=1S/C16H21Cl2N5O2.HI/c1-3-19-15(20-6-7-23-14(24)9-21-16(23)25)22(2)10-11-4-5-12(17)13(18)8-11;/h4-5,8H,3,6-7,9-10H2,1-2H3,(H,19,20)(H,21,25);1H. The number of carbonyl (C=O) groups is 2. The van der Waals surface area contributed by atoms with Crippen molar-refractivity contribution in [2.75, 3.05) is 33.2 Å². The van der Waals surface area contributed by atoms with Gasteiger partial charge >= 0.3 is 6.03 Å². The maximum absolute atomic E-state index is 11.6. The van der Waals surface area contributed by atoms with Gasteiger partial charge in [0, 0.05) is 20.1 Å². The smallest absolute Gasteiger partial charge is 0.324 e. The molecule has 1 heterocycles. The van der Waals surface area contributed by atoms with Crippen molar-refractivity contribution in [2.45, 2.75) is 13.5 Å². The summed E-state index contributed by atoms with van der Waals surface area (Å²) in [7, 11) is 1.90. The van der Waals surface area contributed by atoms with Crippen LogP contribution < -0.4 is 10.6 Å². The van der Waals surface area contributed by atoms with Crippen LogP contribution in [0, 0.1) is 0 Å². The van der Waals surface area contributed by atoms with Crippen molar-refractivity contribution in [2.24, 2.45) is 4.99 Å². The Balaban J connectivity index is 0.00000338. The van der Waals surface area contributed by atoms with Gasteiger partial charge in [0.05, 0.1) is 29.7 Å². The molecule has 0 radical (unpaired) electrons. The fraction of sp³-hybridized carbons (Fsp3) is 0.438. The van der Waals surface area contributed by atoms with Crippen LogP contribution in [0.5, 0.6) is 0 Å². The summed E-state index contributed by atoms with van der Waals surface area (Å²) >= 11 is 12.0. The van der Waals surface area contributed by atoms with Crippen LogP contribution in [-0.2, 0) is 11.3 Å². The lowest BCUT2D eigenvalue weighted by Gasteiger charge is -2.22. The second kappa shape index (κ2) is 10.8. The van der Waals surface area contributed by atoms with Crippen LogP contribution in [0.3, 0.4) is 0 Å². The molecule has 0 saturated carbocycles. The number of amides is 3. The topological polar surface area (TPSA) is 77.0 Å². The molecule has 1 saturated heterocycles. The molecule has 1 aromatic carbocycles. The normalized spacial score (nSPS) is 14.2. The Hall–Kier alpha value is -1.26. The lowest BCUT2D eigenvalue weighted by atomic mass is 10.2. The molecule has 3 amide bonds. The van der Waals surface area contributed by atoms with Crippen LogP contribution in [0.25, 0.3) is 0 Å². The number of hydrogen-bond acceptors (Lipinski definition) is 3. The number of aliphatic imine (C=N–C) groups is 1. The molecule has 1 aliphatic heterocycles. The number of carbonyl (C=O) groups excluding carboxylic acids is 2. The summed E-state index contributed by atoms with van der Waals surface area (Å²) in [5, 5.41) is 6.70. The van der Waals surface area contributed by atoms with Gasteiger partial charge in [-0.1, -0.05) is 29.3 Å². The maximum Gasteiger partial charge on any atom is 0.324 e. The molecule has 0 aromatic heterocycles. The number of nitrogens with one attached hydrogen (secondary N) is 2. The Kier molecular flexibility index (Phi) is 9.45. The minimum absolute atomic E-state index is 0. The Bertz CT molecular complexity index is 671. The minimum Gasteiger partial charge on any atom is -0.357 e. The van der Waals surface area contributed by atoms with E-state index in [1.807, 2.05) is 31.0 Å². The molecule has 144 valence electrons. The molecule has 0 aliphatic carbocycles. The Morgan fingerprint density at radius 1 is 1.35 bits per heavy atom. The summed E-state index contributed by atoms with van der Waals surface area (Å²) in [6, 6.07) is 5.11. The Morgan fingerprint density at radius 2 is 2.08 bits per heavy atom. The summed E-state index contributed by atoms with van der Waals surface area (Å²) in [6.07, 6.45) is 0. The highest BCUT2D eigenvalue weighted by Crippen LogP contribution is 2.23. The largest absolute Gasteiger partial charge is 0.357 e. The molecule has 7 nitrogen and oxygen atoms in total. The van der Waals surface area contributed by atoms with Gasteiger partial charge in [-0.15, -0.1) is 24.0 Å². The lowest BCUT2D eigenvalue weighted by molar-refractivity contribution is -0.124. The highest BCUT2D eigenvalue weighted by atomic mass is 127. The van der Waals surface area contributed by atoms with Crippen LogP contribution >= 0.6 is 47.2 Å². The van der Waals surface area contributed by atoms with Crippen molar-refractivity contribution >= 4 is 65.1 Å². The molecule has 1 aromatic rings. The third-order valence-corrected chi connectivity index (χ3v) is 4.36. The summed E-state index contributed by atoms with van der Waals surface area (Å²) < 4.78 is 0. The van der Waals surface area contributed by atoms with Gasteiger partial charge in [0.25, 0.3) is 0 Å². The van der Waals surface area contributed by atoms with E-state index < -0.39 is 0 Å². The fourth-order valence-electron chi connectivity index (χ4n) is 2.39. The van der Waals surface area contributed by atoms with Gasteiger partial charge in [0.15, 0.2) is 5.96 Å². The maximum atomic E-state index is 11.6. The number of imide groups is 1. The molecule has 0 spiro atoms. The molecule has 26 heavy (non-hydrogen) atoms. The van der Waals surface area contributed by atoms with E-state index in [4.69, 9.17) is 23.2 Å². The van der Waals surface area contributed by atoms with Gasteiger partial charge in [-0.3, -0.25) is 14.7 Å². The fourth-order valence-corrected chi connectivity index (χ4v) is 2.71. The predicted octanol–water partition coefficient (Wildman–Crippen LogP) is 2.56. The molecule has 0 unspecified atom stereocenters. The van der Waals surface area contributed by atoms with Crippen LogP contribution in [-0.4, -0.2) is 60.9 Å². The van der Waals surface area contributed by atoms with E-state index in [1.165, 1.54) is 4.90 Å². The second-order valence-electron chi connectivity index (χ2n) is 5.54. The number of urea groups is 1. The summed E-state index contributed by atoms with van der Waals surface area (Å²) in [4.78, 5) is 30.7. The monoisotopic (exact) mass is 513 g/mol. The molecule has 2 N–H and O–H groups in total. The number of rotatable bonds is 6. The van der Waals surface area contributed by atoms with Gasteiger partial charge in [0.2, 0.25) is 5.91 Å². The van der Waals surface area contributed by atoms with Gasteiger partial charge in [-0.05, 0) is 24.6 Å². The summed E-state index contributed by atoms with van der Waals surface area (Å²) in [5.41, 5.74) is 0.997. The average molecular weight is 514 g/mol. The van der Waals surface area contributed by atoms with Crippen LogP contribution in [0.1, 0.15) is 12.5 Å². The molecule has 0 atom stereocenters.